The van der Waals surface area contributed by atoms with Crippen molar-refractivity contribution in [2.24, 2.45) is 0 Å². The number of hydrogen-bond donors (Lipinski definition) is 3. The second-order valence-electron chi connectivity index (χ2n) is 5.66. The monoisotopic (exact) mass is 372 g/mol. The van der Waals surface area contributed by atoms with Gasteiger partial charge in [-0.15, -0.1) is 12.4 Å². The Hall–Kier alpha value is -2.19. The first-order valence-corrected chi connectivity index (χ1v) is 7.76. The Morgan fingerprint density at radius 3 is 2.48 bits per heavy atom. The summed E-state index contributed by atoms with van der Waals surface area (Å²) in [5.41, 5.74) is -0.855. The quantitative estimate of drug-likeness (QED) is 0.486. The molecule has 0 aliphatic carbocycles. The second-order valence-corrected chi connectivity index (χ2v) is 5.66. The van der Waals surface area contributed by atoms with E-state index in [1.54, 1.807) is 0 Å². The van der Waals surface area contributed by atoms with Crippen molar-refractivity contribution in [3.63, 3.8) is 0 Å². The number of nitrogens with one attached hydrogen (secondary N) is 3. The minimum Gasteiger partial charge on any atom is -0.353 e. The highest BCUT2D eigenvalue weighted by molar-refractivity contribution is 6.09. The molecule has 25 heavy (non-hydrogen) atoms. The van der Waals surface area contributed by atoms with Gasteiger partial charge >= 0.3 is 6.03 Å². The number of imide groups is 1. The number of hydrogen-bond acceptors (Lipinski definition) is 4. The van der Waals surface area contributed by atoms with Crippen LogP contribution in [0.4, 0.5) is 9.18 Å². The van der Waals surface area contributed by atoms with Crippen molar-refractivity contribution in [3.8, 4) is 0 Å². The highest BCUT2D eigenvalue weighted by Crippen LogP contribution is 2.28. The fourth-order valence-electron chi connectivity index (χ4n) is 2.49. The highest BCUT2D eigenvalue weighted by atomic mass is 35.5. The van der Waals surface area contributed by atoms with Crippen molar-refractivity contribution in [2.45, 2.75) is 19.4 Å². The van der Waals surface area contributed by atoms with Crippen molar-refractivity contribution in [1.82, 2.24) is 20.9 Å². The first-order valence-electron chi connectivity index (χ1n) is 7.76. The van der Waals surface area contributed by atoms with Crippen LogP contribution < -0.4 is 16.0 Å². The largest absolute Gasteiger partial charge is 0.353 e. The third kappa shape index (κ3) is 4.67. The first-order chi connectivity index (χ1) is 11.4. The normalized spacial score (nSPS) is 19.4. The third-order valence-electron chi connectivity index (χ3n) is 3.87. The maximum absolute atomic E-state index is 13.1. The molecule has 138 valence electrons. The molecule has 1 fully saturated rings. The van der Waals surface area contributed by atoms with Crippen LogP contribution in [0.2, 0.25) is 0 Å². The van der Waals surface area contributed by atoms with Crippen LogP contribution in [0, 0.1) is 5.82 Å². The molecular formula is C16H22ClFN4O3. The Morgan fingerprint density at radius 1 is 1.24 bits per heavy atom. The molecule has 0 saturated carbocycles. The van der Waals surface area contributed by atoms with E-state index in [1.807, 2.05) is 6.92 Å². The number of amides is 4. The van der Waals surface area contributed by atoms with Gasteiger partial charge in [0.25, 0.3) is 5.91 Å². The molecule has 9 heteroatoms. The molecule has 1 aromatic rings. The van der Waals surface area contributed by atoms with E-state index < -0.39 is 29.2 Å². The maximum atomic E-state index is 13.1. The molecule has 1 aromatic carbocycles. The predicted molar refractivity (Wildman–Crippen MR) is 92.8 cm³/mol. The van der Waals surface area contributed by atoms with Gasteiger partial charge in [0.05, 0.1) is 0 Å². The zero-order valence-electron chi connectivity index (χ0n) is 14.1. The molecule has 0 spiro atoms. The number of carbonyl (C=O) groups is 3. The average molecular weight is 373 g/mol. The number of carbonyl (C=O) groups excluding carboxylic acids is 3. The van der Waals surface area contributed by atoms with Gasteiger partial charge in [-0.05, 0) is 31.2 Å². The van der Waals surface area contributed by atoms with Gasteiger partial charge in [0, 0.05) is 13.1 Å². The van der Waals surface area contributed by atoms with Crippen LogP contribution in [0.1, 0.15) is 19.4 Å². The van der Waals surface area contributed by atoms with Gasteiger partial charge in [-0.25, -0.2) is 9.18 Å². The lowest BCUT2D eigenvalue weighted by molar-refractivity contribution is -0.134. The summed E-state index contributed by atoms with van der Waals surface area (Å²) in [5.74, 6) is -1.39. The molecule has 7 nitrogen and oxygen atoms in total. The number of likely N-dealkylation sites (N-methyl/N-ethyl adjacent to an activating group) is 1. The Labute approximate surface area is 151 Å². The van der Waals surface area contributed by atoms with E-state index in [2.05, 4.69) is 16.0 Å². The molecule has 1 aliphatic heterocycles. The molecule has 1 atom stereocenters. The Bertz CT molecular complexity index is 641. The van der Waals surface area contributed by atoms with Crippen molar-refractivity contribution >= 4 is 30.3 Å². The minimum absolute atomic E-state index is 0. The van der Waals surface area contributed by atoms with Crippen LogP contribution >= 0.6 is 12.4 Å². The molecule has 3 N–H and O–H groups in total. The standard InChI is InChI=1S/C16H21FN4O3.ClH/c1-3-18-8-9-19-13(22)10-21-14(23)16(2,20-15(21)24)11-4-6-12(17)7-5-11;/h4-7,18H,3,8-10H2,1-2H3,(H,19,22)(H,20,24);1H. The number of nitrogens with zero attached hydrogens (tertiary/aromatic N) is 1. The summed E-state index contributed by atoms with van der Waals surface area (Å²) in [4.78, 5) is 37.4. The lowest BCUT2D eigenvalue weighted by Gasteiger charge is -2.22. The summed E-state index contributed by atoms with van der Waals surface area (Å²) in [6.07, 6.45) is 0. The summed E-state index contributed by atoms with van der Waals surface area (Å²) < 4.78 is 13.1. The lowest BCUT2D eigenvalue weighted by Crippen LogP contribution is -2.44. The number of halogens is 2. The molecule has 2 rings (SSSR count). The van der Waals surface area contributed by atoms with Gasteiger partial charge in [0.2, 0.25) is 5.91 Å². The molecule has 4 amide bonds. The van der Waals surface area contributed by atoms with Crippen molar-refractivity contribution in [2.75, 3.05) is 26.2 Å². The Kier molecular flexibility index (Phi) is 7.32. The number of urea groups is 1. The molecule has 1 saturated heterocycles. The fraction of sp³-hybridized carbons (Fsp3) is 0.438. The number of benzene rings is 1. The van der Waals surface area contributed by atoms with Crippen LogP contribution in [0.3, 0.4) is 0 Å². The zero-order chi connectivity index (χ0) is 17.7. The molecule has 0 bridgehead atoms. The number of rotatable bonds is 7. The minimum atomic E-state index is -1.31. The lowest BCUT2D eigenvalue weighted by atomic mass is 9.92. The van der Waals surface area contributed by atoms with Gasteiger partial charge in [-0.3, -0.25) is 14.5 Å². The van der Waals surface area contributed by atoms with Crippen molar-refractivity contribution < 1.29 is 18.8 Å². The Balaban J connectivity index is 0.00000312. The summed E-state index contributed by atoms with van der Waals surface area (Å²) in [6, 6.07) is 4.67. The Morgan fingerprint density at radius 2 is 1.88 bits per heavy atom. The average Bonchev–Trinajstić information content (AvgIpc) is 2.76. The molecule has 0 radical (unpaired) electrons. The van der Waals surface area contributed by atoms with E-state index in [0.717, 1.165) is 11.4 Å². The summed E-state index contributed by atoms with van der Waals surface area (Å²) >= 11 is 0. The van der Waals surface area contributed by atoms with Gasteiger partial charge < -0.3 is 16.0 Å². The van der Waals surface area contributed by atoms with Crippen molar-refractivity contribution in [1.29, 1.82) is 0 Å². The highest BCUT2D eigenvalue weighted by Gasteiger charge is 2.49. The van der Waals surface area contributed by atoms with Gasteiger partial charge in [-0.2, -0.15) is 0 Å². The van der Waals surface area contributed by atoms with Crippen LogP contribution in [0.5, 0.6) is 0 Å². The first kappa shape index (κ1) is 20.9. The topological polar surface area (TPSA) is 90.5 Å². The van der Waals surface area contributed by atoms with Crippen LogP contribution in [0.15, 0.2) is 24.3 Å². The molecule has 1 heterocycles. The predicted octanol–water partition coefficient (Wildman–Crippen LogP) is 0.740. The van der Waals surface area contributed by atoms with Gasteiger partial charge in [-0.1, -0.05) is 19.1 Å². The third-order valence-corrected chi connectivity index (χ3v) is 3.87. The van der Waals surface area contributed by atoms with E-state index >= 15 is 0 Å². The molecule has 0 aromatic heterocycles. The maximum Gasteiger partial charge on any atom is 0.325 e. The second kappa shape index (κ2) is 8.77. The summed E-state index contributed by atoms with van der Waals surface area (Å²) in [6.45, 7) is 4.93. The van der Waals surface area contributed by atoms with Crippen molar-refractivity contribution in [3.05, 3.63) is 35.6 Å². The fourth-order valence-corrected chi connectivity index (χ4v) is 2.49. The van der Waals surface area contributed by atoms with E-state index in [9.17, 15) is 18.8 Å². The molecule has 1 unspecified atom stereocenters. The van der Waals surface area contributed by atoms with E-state index in [0.29, 0.717) is 18.7 Å². The van der Waals surface area contributed by atoms with Gasteiger partial charge in [0.1, 0.15) is 17.9 Å². The zero-order valence-corrected chi connectivity index (χ0v) is 14.9. The van der Waals surface area contributed by atoms with Gasteiger partial charge in [0.15, 0.2) is 0 Å². The van der Waals surface area contributed by atoms with E-state index in [4.69, 9.17) is 0 Å². The SMILES string of the molecule is CCNCCNC(=O)CN1C(=O)NC(C)(c2ccc(F)cc2)C1=O.Cl. The van der Waals surface area contributed by atoms with E-state index in [-0.39, 0.29) is 19.0 Å². The summed E-state index contributed by atoms with van der Waals surface area (Å²) in [5, 5.41) is 8.25. The molecule has 1 aliphatic rings. The van der Waals surface area contributed by atoms with E-state index in [1.165, 1.54) is 31.2 Å². The van der Waals surface area contributed by atoms with Crippen LogP contribution in [-0.2, 0) is 15.1 Å². The van der Waals surface area contributed by atoms with Crippen LogP contribution in [0.25, 0.3) is 0 Å². The molecular weight excluding hydrogens is 351 g/mol. The summed E-state index contributed by atoms with van der Waals surface area (Å²) in [7, 11) is 0. The smallest absolute Gasteiger partial charge is 0.325 e. The van der Waals surface area contributed by atoms with Crippen LogP contribution in [-0.4, -0.2) is 48.9 Å².